The van der Waals surface area contributed by atoms with Crippen LogP contribution >= 0.6 is 11.3 Å². The van der Waals surface area contributed by atoms with Crippen LogP contribution in [0.1, 0.15) is 51.8 Å². The van der Waals surface area contributed by atoms with Crippen LogP contribution < -0.4 is 10.2 Å². The number of hydrogen-bond acceptors (Lipinski definition) is 4. The Balaban J connectivity index is 1.30. The highest BCUT2D eigenvalue weighted by Crippen LogP contribution is 2.40. The summed E-state index contributed by atoms with van der Waals surface area (Å²) in [5.41, 5.74) is 1.28. The van der Waals surface area contributed by atoms with Crippen molar-refractivity contribution in [2.24, 2.45) is 0 Å². The molecule has 1 saturated carbocycles. The van der Waals surface area contributed by atoms with Gasteiger partial charge < -0.3 is 10.2 Å². The van der Waals surface area contributed by atoms with Gasteiger partial charge in [0.2, 0.25) is 0 Å². The maximum absolute atomic E-state index is 12.2. The van der Waals surface area contributed by atoms with Crippen molar-refractivity contribution in [3.8, 4) is 0 Å². The van der Waals surface area contributed by atoms with E-state index in [9.17, 15) is 4.79 Å². The van der Waals surface area contributed by atoms with Gasteiger partial charge in [0.15, 0.2) is 5.82 Å². The maximum atomic E-state index is 12.2. The summed E-state index contributed by atoms with van der Waals surface area (Å²) in [6.07, 6.45) is 4.53. The quantitative estimate of drug-likeness (QED) is 0.906. The Morgan fingerprint density at radius 3 is 2.74 bits per heavy atom. The van der Waals surface area contributed by atoms with Crippen LogP contribution in [-0.4, -0.2) is 35.2 Å². The highest BCUT2D eigenvalue weighted by molar-refractivity contribution is 7.13. The lowest BCUT2D eigenvalue weighted by Gasteiger charge is -2.32. The SMILES string of the molecule is Cc1ccc(C(=O)NC2CCN(c3cc(C4CC4)[nH]n3)CC2)s1. The van der Waals surface area contributed by atoms with Crippen LogP contribution in [0.15, 0.2) is 18.2 Å². The third-order valence-corrected chi connectivity index (χ3v) is 5.72. The summed E-state index contributed by atoms with van der Waals surface area (Å²) >= 11 is 1.56. The number of nitrogens with one attached hydrogen (secondary N) is 2. The van der Waals surface area contributed by atoms with E-state index in [-0.39, 0.29) is 11.9 Å². The monoisotopic (exact) mass is 330 g/mol. The van der Waals surface area contributed by atoms with E-state index in [1.807, 2.05) is 19.1 Å². The van der Waals surface area contributed by atoms with E-state index >= 15 is 0 Å². The molecule has 2 fully saturated rings. The minimum atomic E-state index is 0.0670. The first-order valence-corrected chi connectivity index (χ1v) is 9.18. The molecule has 1 aliphatic carbocycles. The number of anilines is 1. The normalized spacial score (nSPS) is 19.1. The molecule has 0 radical (unpaired) electrons. The first kappa shape index (κ1) is 14.8. The van der Waals surface area contributed by atoms with Crippen molar-refractivity contribution < 1.29 is 4.79 Å². The molecule has 2 N–H and O–H groups in total. The van der Waals surface area contributed by atoms with Gasteiger partial charge in [-0.25, -0.2) is 0 Å². The summed E-state index contributed by atoms with van der Waals surface area (Å²) in [7, 11) is 0. The standard InChI is InChI=1S/C17H22N4OS/c1-11-2-5-15(23-11)17(22)18-13-6-8-21(9-7-13)16-10-14(19-20-16)12-3-4-12/h2,5,10,12-13H,3-4,6-9H2,1H3,(H,18,22)(H,19,20). The fourth-order valence-corrected chi connectivity index (χ4v) is 3.93. The highest BCUT2D eigenvalue weighted by atomic mass is 32.1. The number of aromatic nitrogens is 2. The molecule has 122 valence electrons. The summed E-state index contributed by atoms with van der Waals surface area (Å²) in [6.45, 7) is 3.92. The van der Waals surface area contributed by atoms with Gasteiger partial charge in [0.1, 0.15) is 0 Å². The molecule has 23 heavy (non-hydrogen) atoms. The van der Waals surface area contributed by atoms with Crippen LogP contribution in [0.2, 0.25) is 0 Å². The first-order chi connectivity index (χ1) is 11.2. The largest absolute Gasteiger partial charge is 0.355 e. The van der Waals surface area contributed by atoms with Gasteiger partial charge in [-0.2, -0.15) is 5.10 Å². The number of amides is 1. The molecular formula is C17H22N4OS. The van der Waals surface area contributed by atoms with Crippen LogP contribution in [0.5, 0.6) is 0 Å². The highest BCUT2D eigenvalue weighted by Gasteiger charge is 2.27. The summed E-state index contributed by atoms with van der Waals surface area (Å²) in [5.74, 6) is 1.84. The number of carbonyl (C=O) groups excluding carboxylic acids is 1. The van der Waals surface area contributed by atoms with Gasteiger partial charge in [0, 0.05) is 41.7 Å². The molecule has 0 spiro atoms. The van der Waals surface area contributed by atoms with Gasteiger partial charge in [0.05, 0.1) is 4.88 Å². The van der Waals surface area contributed by atoms with Gasteiger partial charge in [-0.15, -0.1) is 11.3 Å². The number of aromatic amines is 1. The van der Waals surface area contributed by atoms with Crippen molar-refractivity contribution in [3.05, 3.63) is 33.6 Å². The van der Waals surface area contributed by atoms with E-state index in [0.717, 1.165) is 36.6 Å². The van der Waals surface area contributed by atoms with E-state index in [0.29, 0.717) is 5.92 Å². The second-order valence-electron chi connectivity index (χ2n) is 6.60. The van der Waals surface area contributed by atoms with Crippen LogP contribution in [-0.2, 0) is 0 Å². The lowest BCUT2D eigenvalue weighted by Crippen LogP contribution is -2.44. The molecule has 2 aromatic rings. The predicted molar refractivity (Wildman–Crippen MR) is 92.3 cm³/mol. The molecule has 2 aromatic heterocycles. The van der Waals surface area contributed by atoms with Crippen molar-refractivity contribution in [3.63, 3.8) is 0 Å². The molecule has 3 heterocycles. The van der Waals surface area contributed by atoms with Crippen LogP contribution in [0, 0.1) is 6.92 Å². The molecule has 0 bridgehead atoms. The number of piperidine rings is 1. The van der Waals surface area contributed by atoms with Gasteiger partial charge in [-0.05, 0) is 44.7 Å². The lowest BCUT2D eigenvalue weighted by atomic mass is 10.0. The molecule has 0 atom stereocenters. The number of carbonyl (C=O) groups is 1. The number of H-pyrrole nitrogens is 1. The second-order valence-corrected chi connectivity index (χ2v) is 7.89. The minimum absolute atomic E-state index is 0.0670. The zero-order chi connectivity index (χ0) is 15.8. The summed E-state index contributed by atoms with van der Waals surface area (Å²) in [5, 5.41) is 10.8. The lowest BCUT2D eigenvalue weighted by molar-refractivity contribution is 0.0935. The minimum Gasteiger partial charge on any atom is -0.355 e. The second kappa shape index (κ2) is 6.00. The van der Waals surface area contributed by atoms with Crippen molar-refractivity contribution in [1.82, 2.24) is 15.5 Å². The Morgan fingerprint density at radius 1 is 1.30 bits per heavy atom. The zero-order valence-corrected chi connectivity index (χ0v) is 14.2. The topological polar surface area (TPSA) is 61.0 Å². The fourth-order valence-electron chi connectivity index (χ4n) is 3.16. The summed E-state index contributed by atoms with van der Waals surface area (Å²) in [4.78, 5) is 16.5. The van der Waals surface area contributed by atoms with E-state index in [1.165, 1.54) is 23.4 Å². The molecule has 6 heteroatoms. The number of hydrogen-bond donors (Lipinski definition) is 2. The van der Waals surface area contributed by atoms with E-state index in [2.05, 4.69) is 26.5 Å². The van der Waals surface area contributed by atoms with Gasteiger partial charge >= 0.3 is 0 Å². The van der Waals surface area contributed by atoms with Crippen LogP contribution in [0.4, 0.5) is 5.82 Å². The Morgan fingerprint density at radius 2 is 2.09 bits per heavy atom. The molecule has 1 aliphatic heterocycles. The molecule has 1 amide bonds. The van der Waals surface area contributed by atoms with Crippen molar-refractivity contribution >= 4 is 23.1 Å². The third kappa shape index (κ3) is 3.27. The van der Waals surface area contributed by atoms with Gasteiger partial charge in [-0.3, -0.25) is 9.89 Å². The molecule has 4 rings (SSSR count). The van der Waals surface area contributed by atoms with Crippen molar-refractivity contribution in [1.29, 1.82) is 0 Å². The Kier molecular flexibility index (Phi) is 3.85. The fraction of sp³-hybridized carbons (Fsp3) is 0.529. The van der Waals surface area contributed by atoms with E-state index in [4.69, 9.17) is 0 Å². The van der Waals surface area contributed by atoms with Gasteiger partial charge in [-0.1, -0.05) is 0 Å². The predicted octanol–water partition coefficient (Wildman–Crippen LogP) is 3.06. The smallest absolute Gasteiger partial charge is 0.261 e. The Bertz CT molecular complexity index is 695. The van der Waals surface area contributed by atoms with Crippen molar-refractivity contribution in [2.75, 3.05) is 18.0 Å². The number of nitrogens with zero attached hydrogens (tertiary/aromatic N) is 2. The summed E-state index contributed by atoms with van der Waals surface area (Å²) in [6, 6.07) is 6.37. The third-order valence-electron chi connectivity index (χ3n) is 4.72. The first-order valence-electron chi connectivity index (χ1n) is 8.36. The molecule has 0 aromatic carbocycles. The number of thiophene rings is 1. The average molecular weight is 330 g/mol. The molecule has 0 unspecified atom stereocenters. The number of rotatable bonds is 4. The van der Waals surface area contributed by atoms with E-state index < -0.39 is 0 Å². The molecule has 5 nitrogen and oxygen atoms in total. The Hall–Kier alpha value is -1.82. The molecular weight excluding hydrogens is 308 g/mol. The maximum Gasteiger partial charge on any atom is 0.261 e. The van der Waals surface area contributed by atoms with E-state index in [1.54, 1.807) is 11.3 Å². The van der Waals surface area contributed by atoms with Crippen LogP contribution in [0.3, 0.4) is 0 Å². The molecule has 1 saturated heterocycles. The summed E-state index contributed by atoms with van der Waals surface area (Å²) < 4.78 is 0. The number of aryl methyl sites for hydroxylation is 1. The molecule has 2 aliphatic rings. The van der Waals surface area contributed by atoms with Crippen molar-refractivity contribution in [2.45, 2.75) is 44.6 Å². The Labute approximate surface area is 140 Å². The average Bonchev–Trinajstić information content (AvgIpc) is 3.12. The zero-order valence-electron chi connectivity index (χ0n) is 13.3. The van der Waals surface area contributed by atoms with Gasteiger partial charge in [0.25, 0.3) is 5.91 Å². The van der Waals surface area contributed by atoms with Crippen LogP contribution in [0.25, 0.3) is 0 Å².